The lowest BCUT2D eigenvalue weighted by molar-refractivity contribution is -0.137. The number of rotatable bonds is 3. The number of fused-ring (bicyclic) bond motifs is 1. The van der Waals surface area contributed by atoms with Crippen LogP contribution >= 0.6 is 11.3 Å². The first-order valence-electron chi connectivity index (χ1n) is 5.01. The molecular weight excluding hydrogens is 301 g/mol. The van der Waals surface area contributed by atoms with Crippen molar-refractivity contribution in [2.24, 2.45) is 5.14 Å². The van der Waals surface area contributed by atoms with Gasteiger partial charge in [0.2, 0.25) is 0 Å². The van der Waals surface area contributed by atoms with Crippen LogP contribution in [0.4, 0.5) is 13.2 Å². The second-order valence-corrected chi connectivity index (χ2v) is 6.13. The van der Waals surface area contributed by atoms with Crippen molar-refractivity contribution < 1.29 is 21.6 Å². The highest BCUT2D eigenvalue weighted by Crippen LogP contribution is 2.34. The number of hydrogen-bond donors (Lipinski definition) is 2. The van der Waals surface area contributed by atoms with E-state index in [-0.39, 0.29) is 6.54 Å². The maximum absolute atomic E-state index is 12.6. The van der Waals surface area contributed by atoms with Crippen molar-refractivity contribution in [3.63, 3.8) is 0 Å². The Morgan fingerprint density at radius 2 is 2.00 bits per heavy atom. The minimum Gasteiger partial charge on any atom is -0.216 e. The summed E-state index contributed by atoms with van der Waals surface area (Å²) in [6, 6.07) is 3.37. The van der Waals surface area contributed by atoms with Crippen molar-refractivity contribution in [1.82, 2.24) is 4.72 Å². The molecule has 1 aromatic carbocycles. The Kier molecular flexibility index (Phi) is 3.56. The van der Waals surface area contributed by atoms with Crippen molar-refractivity contribution in [3.8, 4) is 0 Å². The summed E-state index contributed by atoms with van der Waals surface area (Å²) >= 11 is 1.24. The topological polar surface area (TPSA) is 72.2 Å². The van der Waals surface area contributed by atoms with E-state index in [9.17, 15) is 21.6 Å². The lowest BCUT2D eigenvalue weighted by Gasteiger charge is -2.07. The van der Waals surface area contributed by atoms with Gasteiger partial charge < -0.3 is 0 Å². The first kappa shape index (κ1) is 14.3. The maximum atomic E-state index is 12.6. The molecule has 2 rings (SSSR count). The van der Waals surface area contributed by atoms with Gasteiger partial charge in [0, 0.05) is 11.2 Å². The summed E-state index contributed by atoms with van der Waals surface area (Å²) in [5, 5.41) is 6.75. The summed E-state index contributed by atoms with van der Waals surface area (Å²) < 4.78 is 62.1. The van der Waals surface area contributed by atoms with Crippen LogP contribution in [0, 0.1) is 0 Å². The average Bonchev–Trinajstić information content (AvgIpc) is 2.66. The van der Waals surface area contributed by atoms with Gasteiger partial charge in [-0.25, -0.2) is 5.14 Å². The summed E-state index contributed by atoms with van der Waals surface area (Å²) in [6.07, 6.45) is -4.43. The minimum absolute atomic E-state index is 0.139. The van der Waals surface area contributed by atoms with Gasteiger partial charge in [-0.05, 0) is 34.5 Å². The van der Waals surface area contributed by atoms with E-state index in [1.165, 1.54) is 17.4 Å². The van der Waals surface area contributed by atoms with Gasteiger partial charge in [-0.15, -0.1) is 11.3 Å². The number of hydrogen-bond acceptors (Lipinski definition) is 3. The van der Waals surface area contributed by atoms with E-state index < -0.39 is 21.9 Å². The molecule has 0 saturated heterocycles. The van der Waals surface area contributed by atoms with Gasteiger partial charge in [0.15, 0.2) is 0 Å². The second kappa shape index (κ2) is 4.75. The Morgan fingerprint density at radius 3 is 2.58 bits per heavy atom. The molecule has 3 N–H and O–H groups in total. The highest BCUT2D eigenvalue weighted by Gasteiger charge is 2.30. The van der Waals surface area contributed by atoms with E-state index in [4.69, 9.17) is 5.14 Å². The Labute approximate surface area is 111 Å². The molecule has 4 nitrogen and oxygen atoms in total. The van der Waals surface area contributed by atoms with Crippen LogP contribution in [-0.4, -0.2) is 8.42 Å². The third-order valence-electron chi connectivity index (χ3n) is 2.44. The third kappa shape index (κ3) is 3.44. The fourth-order valence-electron chi connectivity index (χ4n) is 1.57. The molecular formula is C10H9F3N2O2S2. The molecule has 1 aromatic heterocycles. The predicted molar refractivity (Wildman–Crippen MR) is 66.8 cm³/mol. The van der Waals surface area contributed by atoms with Crippen LogP contribution in [0.25, 0.3) is 10.1 Å². The van der Waals surface area contributed by atoms with E-state index in [1.54, 1.807) is 5.38 Å². The van der Waals surface area contributed by atoms with Gasteiger partial charge in [0.25, 0.3) is 10.2 Å². The van der Waals surface area contributed by atoms with E-state index in [0.29, 0.717) is 15.6 Å². The van der Waals surface area contributed by atoms with Gasteiger partial charge in [0.1, 0.15) is 0 Å². The highest BCUT2D eigenvalue weighted by molar-refractivity contribution is 7.87. The molecule has 0 saturated carbocycles. The average molecular weight is 310 g/mol. The van der Waals surface area contributed by atoms with E-state index in [1.807, 2.05) is 0 Å². The predicted octanol–water partition coefficient (Wildman–Crippen LogP) is 2.21. The Morgan fingerprint density at radius 1 is 1.32 bits per heavy atom. The summed E-state index contributed by atoms with van der Waals surface area (Å²) in [5.41, 5.74) is -0.310. The van der Waals surface area contributed by atoms with Crippen LogP contribution in [0.2, 0.25) is 0 Å². The summed E-state index contributed by atoms with van der Waals surface area (Å²) in [4.78, 5) is 0. The summed E-state index contributed by atoms with van der Waals surface area (Å²) in [5.74, 6) is 0. The molecule has 0 amide bonds. The highest BCUT2D eigenvalue weighted by atomic mass is 32.2. The largest absolute Gasteiger partial charge is 0.416 e. The van der Waals surface area contributed by atoms with Crippen LogP contribution < -0.4 is 9.86 Å². The van der Waals surface area contributed by atoms with Gasteiger partial charge in [-0.1, -0.05) is 0 Å². The molecule has 0 aliphatic carbocycles. The number of halogens is 3. The number of alkyl halides is 3. The molecule has 0 atom stereocenters. The van der Waals surface area contributed by atoms with Crippen molar-refractivity contribution in [3.05, 3.63) is 34.7 Å². The van der Waals surface area contributed by atoms with Crippen LogP contribution in [-0.2, 0) is 22.9 Å². The third-order valence-corrected chi connectivity index (χ3v) is 4.00. The molecule has 9 heteroatoms. The number of benzene rings is 1. The second-order valence-electron chi connectivity index (χ2n) is 3.84. The fraction of sp³-hybridized carbons (Fsp3) is 0.200. The van der Waals surface area contributed by atoms with E-state index in [2.05, 4.69) is 4.72 Å². The molecule has 0 aliphatic rings. The van der Waals surface area contributed by atoms with Crippen LogP contribution in [0.1, 0.15) is 11.1 Å². The van der Waals surface area contributed by atoms with Crippen molar-refractivity contribution >= 4 is 31.6 Å². The number of thiophene rings is 1. The minimum atomic E-state index is -4.43. The van der Waals surface area contributed by atoms with Crippen molar-refractivity contribution in [2.75, 3.05) is 0 Å². The summed E-state index contributed by atoms with van der Waals surface area (Å²) in [6.45, 7) is -0.139. The first-order chi connectivity index (χ1) is 8.67. The van der Waals surface area contributed by atoms with Crippen molar-refractivity contribution in [1.29, 1.82) is 0 Å². The lowest BCUT2D eigenvalue weighted by Crippen LogP contribution is -2.30. The lowest BCUT2D eigenvalue weighted by atomic mass is 10.1. The number of nitrogens with one attached hydrogen (secondary N) is 1. The normalized spacial score (nSPS) is 13.1. The zero-order valence-corrected chi connectivity index (χ0v) is 11.0. The van der Waals surface area contributed by atoms with Crippen LogP contribution in [0.3, 0.4) is 0 Å². The molecule has 2 aromatic rings. The fourth-order valence-corrected chi connectivity index (χ4v) is 2.87. The van der Waals surface area contributed by atoms with Gasteiger partial charge in [0.05, 0.1) is 5.56 Å². The Bertz CT molecular complexity index is 707. The van der Waals surface area contributed by atoms with Crippen LogP contribution in [0.5, 0.6) is 0 Å². The van der Waals surface area contributed by atoms with E-state index >= 15 is 0 Å². The molecule has 0 fully saturated rings. The zero-order chi connectivity index (χ0) is 14.3. The number of nitrogens with two attached hydrogens (primary N) is 1. The summed E-state index contributed by atoms with van der Waals surface area (Å²) in [7, 11) is -3.87. The Balaban J connectivity index is 2.40. The standard InChI is InChI=1S/C10H9F3N2O2S2/c11-10(12,13)7-1-2-9-8(3-7)6(5-18-9)4-15-19(14,16)17/h1-3,5,15H,4H2,(H2,14,16,17). The smallest absolute Gasteiger partial charge is 0.216 e. The monoisotopic (exact) mass is 310 g/mol. The van der Waals surface area contributed by atoms with Crippen molar-refractivity contribution in [2.45, 2.75) is 12.7 Å². The molecule has 0 unspecified atom stereocenters. The molecule has 0 bridgehead atoms. The SMILES string of the molecule is NS(=O)(=O)NCc1csc2ccc(C(F)(F)F)cc12. The molecule has 0 radical (unpaired) electrons. The zero-order valence-electron chi connectivity index (χ0n) is 9.36. The quantitative estimate of drug-likeness (QED) is 0.912. The molecule has 1 heterocycles. The van der Waals surface area contributed by atoms with Crippen LogP contribution in [0.15, 0.2) is 23.6 Å². The molecule has 104 valence electrons. The first-order valence-corrected chi connectivity index (χ1v) is 7.44. The Hall–Kier alpha value is -1.16. The molecule has 0 spiro atoms. The van der Waals surface area contributed by atoms with Gasteiger partial charge in [-0.3, -0.25) is 0 Å². The maximum Gasteiger partial charge on any atom is 0.416 e. The molecule has 19 heavy (non-hydrogen) atoms. The van der Waals surface area contributed by atoms with E-state index in [0.717, 1.165) is 12.1 Å². The molecule has 0 aliphatic heterocycles. The van der Waals surface area contributed by atoms with Gasteiger partial charge >= 0.3 is 6.18 Å². The van der Waals surface area contributed by atoms with Gasteiger partial charge in [-0.2, -0.15) is 26.3 Å².